The van der Waals surface area contributed by atoms with Crippen molar-refractivity contribution in [3.63, 3.8) is 0 Å². The van der Waals surface area contributed by atoms with Gasteiger partial charge in [0, 0.05) is 6.42 Å². The zero-order valence-corrected chi connectivity index (χ0v) is 32.2. The number of Topliss-reactive ketones (excluding diaryl/α,β-unsaturated/α-hetero) is 1. The maximum Gasteiger partial charge on any atom is 0.476 e. The number of rotatable bonds is 14. The summed E-state index contributed by atoms with van der Waals surface area (Å²) in [7, 11) is -8.79. The number of ketones is 1. The van der Waals surface area contributed by atoms with E-state index in [0.717, 1.165) is 36.4 Å². The number of benzene rings is 4. The van der Waals surface area contributed by atoms with Gasteiger partial charge in [-0.15, -0.1) is 0 Å². The molecule has 1 saturated carbocycles. The third-order valence-electron chi connectivity index (χ3n) is 10.9. The molecule has 55 heavy (non-hydrogen) atoms. The highest BCUT2D eigenvalue weighted by Gasteiger charge is 2.61. The Bertz CT molecular complexity index is 2110. The van der Waals surface area contributed by atoms with Crippen molar-refractivity contribution in [1.29, 1.82) is 0 Å². The molecule has 4 atom stereocenters. The van der Waals surface area contributed by atoms with Gasteiger partial charge in [-0.25, -0.2) is 21.8 Å². The summed E-state index contributed by atoms with van der Waals surface area (Å²) in [4.78, 5) is 14.0. The van der Waals surface area contributed by atoms with Crippen LogP contribution in [0.25, 0.3) is 0 Å². The minimum atomic E-state index is -5.22. The summed E-state index contributed by atoms with van der Waals surface area (Å²) < 4.78 is 130. The summed E-state index contributed by atoms with van der Waals surface area (Å²) in [6.45, 7) is 3.01. The number of fused-ring (bicyclic) bond motifs is 3. The first-order valence-electron chi connectivity index (χ1n) is 17.9. The average molecular weight is 805 g/mol. The Balaban J connectivity index is 1.30. The van der Waals surface area contributed by atoms with Crippen molar-refractivity contribution >= 4 is 23.4 Å². The molecule has 0 radical (unpaired) electrons. The zero-order valence-electron chi connectivity index (χ0n) is 30.5. The molecule has 0 saturated heterocycles. The fourth-order valence-corrected chi connectivity index (χ4v) is 11.8. The van der Waals surface area contributed by atoms with Crippen LogP contribution >= 0.6 is 7.82 Å². The van der Waals surface area contributed by atoms with Gasteiger partial charge in [-0.2, -0.15) is 13.2 Å². The largest absolute Gasteiger partial charge is 0.476 e. The van der Waals surface area contributed by atoms with Gasteiger partial charge in [0.25, 0.3) is 0 Å². The Labute approximate surface area is 317 Å². The van der Waals surface area contributed by atoms with Gasteiger partial charge in [0.1, 0.15) is 16.2 Å². The van der Waals surface area contributed by atoms with Crippen molar-refractivity contribution < 1.29 is 53.3 Å². The number of hydrogen-bond donors (Lipinski definition) is 0. The van der Waals surface area contributed by atoms with Gasteiger partial charge in [-0.3, -0.25) is 18.4 Å². The number of sulfone groups is 1. The van der Waals surface area contributed by atoms with Gasteiger partial charge in [0.15, 0.2) is 15.6 Å². The predicted molar refractivity (Wildman–Crippen MR) is 196 cm³/mol. The molecule has 294 valence electrons. The van der Waals surface area contributed by atoms with E-state index in [2.05, 4.69) is 0 Å². The molecular weight excluding hydrogens is 762 g/mol. The molecule has 4 aromatic rings. The second-order valence-electron chi connectivity index (χ2n) is 14.9. The standard InChI is InChI=1S/C41H42F5O7PS/c1-38(2,53-54(48,51-26-28-10-6-4-7-11-28)52-27-29-12-8-5-9-13-29)37(47)25-31-22-23-40(55(49,50)34-18-16-33(42)17-19-34)35(31)20-14-30-24-32(15-21-36(30)40)39(3,43)41(44,45)46/h4-13,15-19,21,24,31,35H,14,20,22-23,25-27H2,1-3H3/t31-,35-,39?,40-/m0/s1. The van der Waals surface area contributed by atoms with Crippen molar-refractivity contribution in [1.82, 2.24) is 0 Å². The Hall–Kier alpha value is -3.74. The van der Waals surface area contributed by atoms with E-state index in [1.54, 1.807) is 48.5 Å². The number of phosphoric acid groups is 1. The first-order chi connectivity index (χ1) is 25.8. The van der Waals surface area contributed by atoms with Crippen molar-refractivity contribution in [3.8, 4) is 0 Å². The number of halogens is 5. The number of carbonyl (C=O) groups excluding carboxylic acids is 1. The molecule has 0 heterocycles. The van der Waals surface area contributed by atoms with E-state index in [9.17, 15) is 35.3 Å². The fourth-order valence-electron chi connectivity index (χ4n) is 7.86. The van der Waals surface area contributed by atoms with Crippen LogP contribution in [0.4, 0.5) is 22.0 Å². The molecular formula is C41H42F5O7PS. The van der Waals surface area contributed by atoms with Crippen molar-refractivity contribution in [2.75, 3.05) is 0 Å². The summed E-state index contributed by atoms with van der Waals surface area (Å²) in [6, 6.07) is 25.4. The average Bonchev–Trinajstić information content (AvgIpc) is 3.53. The normalized spacial score (nSPS) is 21.4. The molecule has 7 nitrogen and oxygen atoms in total. The molecule has 4 aromatic carbocycles. The summed E-state index contributed by atoms with van der Waals surface area (Å²) in [5.74, 6) is -2.43. The highest BCUT2D eigenvalue weighted by Crippen LogP contribution is 2.61. The predicted octanol–water partition coefficient (Wildman–Crippen LogP) is 10.5. The van der Waals surface area contributed by atoms with Crippen LogP contribution in [0.1, 0.15) is 74.3 Å². The van der Waals surface area contributed by atoms with Crippen molar-refractivity contribution in [2.24, 2.45) is 11.8 Å². The molecule has 2 aliphatic carbocycles. The lowest BCUT2D eigenvalue weighted by Crippen LogP contribution is -2.45. The number of carbonyl (C=O) groups is 1. The molecule has 0 aliphatic heterocycles. The van der Waals surface area contributed by atoms with E-state index >= 15 is 4.39 Å². The molecule has 0 bridgehead atoms. The molecule has 0 amide bonds. The number of aryl methyl sites for hydroxylation is 1. The molecule has 0 N–H and O–H groups in total. The van der Waals surface area contributed by atoms with Crippen LogP contribution < -0.4 is 0 Å². The van der Waals surface area contributed by atoms with Gasteiger partial charge in [-0.05, 0) is 110 Å². The number of hydrogen-bond acceptors (Lipinski definition) is 7. The van der Waals surface area contributed by atoms with E-state index in [-0.39, 0.29) is 61.3 Å². The molecule has 6 rings (SSSR count). The first kappa shape index (κ1) is 40.9. The number of phosphoric ester groups is 1. The maximum absolute atomic E-state index is 15.1. The fraction of sp³-hybridized carbons (Fsp3) is 0.390. The van der Waals surface area contributed by atoms with Crippen LogP contribution in [0, 0.1) is 17.7 Å². The van der Waals surface area contributed by atoms with Crippen LogP contribution in [0.2, 0.25) is 0 Å². The first-order valence-corrected chi connectivity index (χ1v) is 20.8. The highest BCUT2D eigenvalue weighted by molar-refractivity contribution is 7.92. The third-order valence-corrected chi connectivity index (χ3v) is 15.1. The number of alkyl halides is 4. The lowest BCUT2D eigenvalue weighted by atomic mass is 9.71. The van der Waals surface area contributed by atoms with Crippen LogP contribution in [0.3, 0.4) is 0 Å². The van der Waals surface area contributed by atoms with Gasteiger partial charge < -0.3 is 0 Å². The summed E-state index contributed by atoms with van der Waals surface area (Å²) in [6.07, 6.45) is -4.90. The van der Waals surface area contributed by atoms with Crippen LogP contribution in [0.15, 0.2) is 108 Å². The SMILES string of the molecule is CC(C)(OP(=O)(OCc1ccccc1)OCc1ccccc1)C(=O)C[C@@H]1CC[C@@]2(S(=O)(=O)c3ccc(F)cc3)c3ccc(C(C)(F)C(F)(F)F)cc3CC[C@@H]12. The van der Waals surface area contributed by atoms with E-state index in [1.165, 1.54) is 19.9 Å². The summed E-state index contributed by atoms with van der Waals surface area (Å²) >= 11 is 0. The Kier molecular flexibility index (Phi) is 11.4. The minimum Gasteiger partial charge on any atom is -0.296 e. The van der Waals surface area contributed by atoms with Gasteiger partial charge in [0.2, 0.25) is 5.67 Å². The Morgan fingerprint density at radius 1 is 0.818 bits per heavy atom. The maximum atomic E-state index is 15.1. The van der Waals surface area contributed by atoms with E-state index in [1.807, 2.05) is 12.1 Å². The second-order valence-corrected chi connectivity index (χ2v) is 18.7. The van der Waals surface area contributed by atoms with E-state index in [4.69, 9.17) is 13.6 Å². The van der Waals surface area contributed by atoms with Crippen LogP contribution in [0.5, 0.6) is 0 Å². The molecule has 1 fully saturated rings. The smallest absolute Gasteiger partial charge is 0.296 e. The monoisotopic (exact) mass is 804 g/mol. The molecule has 1 unspecified atom stereocenters. The Morgan fingerprint density at radius 3 is 1.93 bits per heavy atom. The minimum absolute atomic E-state index is 0.00597. The van der Waals surface area contributed by atoms with E-state index < -0.39 is 68.9 Å². The van der Waals surface area contributed by atoms with Gasteiger partial charge in [-0.1, -0.05) is 78.9 Å². The molecule has 0 aromatic heterocycles. The van der Waals surface area contributed by atoms with Gasteiger partial charge >= 0.3 is 14.0 Å². The molecule has 14 heteroatoms. The molecule has 0 spiro atoms. The summed E-state index contributed by atoms with van der Waals surface area (Å²) in [5.41, 5.74) is -4.22. The van der Waals surface area contributed by atoms with Crippen molar-refractivity contribution in [2.45, 2.75) is 93.2 Å². The quantitative estimate of drug-likeness (QED) is 0.0711. The zero-order chi connectivity index (χ0) is 39.9. The van der Waals surface area contributed by atoms with Crippen LogP contribution in [-0.4, -0.2) is 26.0 Å². The lowest BCUT2D eigenvalue weighted by Gasteiger charge is -2.43. The summed E-state index contributed by atoms with van der Waals surface area (Å²) in [5, 5.41) is 0. The second kappa shape index (κ2) is 15.3. The van der Waals surface area contributed by atoms with E-state index in [0.29, 0.717) is 18.1 Å². The highest BCUT2D eigenvalue weighted by atomic mass is 32.2. The topological polar surface area (TPSA) is 96.0 Å². The molecule has 2 aliphatic rings. The van der Waals surface area contributed by atoms with Gasteiger partial charge in [0.05, 0.1) is 18.1 Å². The van der Waals surface area contributed by atoms with Crippen molar-refractivity contribution in [3.05, 3.63) is 137 Å². The Morgan fingerprint density at radius 2 is 1.38 bits per heavy atom. The lowest BCUT2D eigenvalue weighted by molar-refractivity contribution is -0.228. The van der Waals surface area contributed by atoms with Crippen LogP contribution in [-0.2, 0) is 62.8 Å². The third kappa shape index (κ3) is 8.09.